The number of nitrogens with one attached hydrogen (secondary N) is 1. The summed E-state index contributed by atoms with van der Waals surface area (Å²) in [4.78, 5) is 5.76. The van der Waals surface area contributed by atoms with Gasteiger partial charge in [0.2, 0.25) is 0 Å². The Balaban J connectivity index is 1.53. The van der Waals surface area contributed by atoms with Gasteiger partial charge in [-0.2, -0.15) is 18.4 Å². The SMILES string of the molecule is N#Cc1ccc(Cn2cncc2CCN(Cc2ccccc2C(F)(F)F)C(=S)Nc2ccc(OC(F)(F)F)cc2)cc1. The lowest BCUT2D eigenvalue weighted by molar-refractivity contribution is -0.274. The first-order chi connectivity index (χ1) is 19.9. The van der Waals surface area contributed by atoms with E-state index >= 15 is 0 Å². The van der Waals surface area contributed by atoms with Crippen molar-refractivity contribution in [2.75, 3.05) is 11.9 Å². The maximum Gasteiger partial charge on any atom is 0.573 e. The molecule has 13 heteroatoms. The predicted molar refractivity (Wildman–Crippen MR) is 147 cm³/mol. The van der Waals surface area contributed by atoms with Gasteiger partial charge in [-0.3, -0.25) is 0 Å². The van der Waals surface area contributed by atoms with Crippen LogP contribution in [0.1, 0.15) is 27.9 Å². The molecule has 0 aliphatic heterocycles. The van der Waals surface area contributed by atoms with Gasteiger partial charge in [-0.05, 0) is 65.8 Å². The quantitative estimate of drug-likeness (QED) is 0.162. The molecule has 1 heterocycles. The van der Waals surface area contributed by atoms with Crippen molar-refractivity contribution in [2.45, 2.75) is 32.0 Å². The lowest BCUT2D eigenvalue weighted by Crippen LogP contribution is -2.36. The monoisotopic (exact) mass is 603 g/mol. The molecule has 1 N–H and O–H groups in total. The zero-order valence-corrected chi connectivity index (χ0v) is 22.6. The van der Waals surface area contributed by atoms with Gasteiger partial charge < -0.3 is 19.5 Å². The van der Waals surface area contributed by atoms with E-state index in [-0.39, 0.29) is 23.8 Å². The predicted octanol–water partition coefficient (Wildman–Crippen LogP) is 7.16. The van der Waals surface area contributed by atoms with Gasteiger partial charge in [0.25, 0.3) is 0 Å². The Morgan fingerprint density at radius 2 is 1.67 bits per heavy atom. The lowest BCUT2D eigenvalue weighted by Gasteiger charge is -2.27. The number of benzene rings is 3. The number of hydrogen-bond donors (Lipinski definition) is 1. The van der Waals surface area contributed by atoms with Gasteiger partial charge in [-0.1, -0.05) is 30.3 Å². The van der Waals surface area contributed by atoms with Crippen molar-refractivity contribution in [3.63, 3.8) is 0 Å². The van der Waals surface area contributed by atoms with E-state index in [9.17, 15) is 26.3 Å². The third-order valence-corrected chi connectivity index (χ3v) is 6.54. The molecule has 3 aromatic carbocycles. The van der Waals surface area contributed by atoms with Crippen molar-refractivity contribution in [2.24, 2.45) is 0 Å². The molecule has 0 saturated heterocycles. The molecule has 218 valence electrons. The number of nitrogens with zero attached hydrogens (tertiary/aromatic N) is 4. The average molecular weight is 604 g/mol. The number of halogens is 6. The van der Waals surface area contributed by atoms with E-state index in [1.807, 2.05) is 16.7 Å². The molecule has 0 atom stereocenters. The van der Waals surface area contributed by atoms with Gasteiger partial charge >= 0.3 is 12.5 Å². The van der Waals surface area contributed by atoms with Crippen LogP contribution in [-0.4, -0.2) is 32.5 Å². The first kappa shape index (κ1) is 30.4. The van der Waals surface area contributed by atoms with E-state index in [4.69, 9.17) is 17.5 Å². The fourth-order valence-corrected chi connectivity index (χ4v) is 4.44. The van der Waals surface area contributed by atoms with Crippen LogP contribution < -0.4 is 10.1 Å². The molecule has 0 aliphatic carbocycles. The van der Waals surface area contributed by atoms with Crippen LogP contribution in [0.15, 0.2) is 85.3 Å². The minimum Gasteiger partial charge on any atom is -0.406 e. The molecule has 0 fully saturated rings. The molecule has 0 spiro atoms. The van der Waals surface area contributed by atoms with E-state index in [0.717, 1.165) is 29.5 Å². The number of ether oxygens (including phenoxy) is 1. The summed E-state index contributed by atoms with van der Waals surface area (Å²) < 4.78 is 84.5. The van der Waals surface area contributed by atoms with Gasteiger partial charge in [-0.25, -0.2) is 4.98 Å². The van der Waals surface area contributed by atoms with Crippen LogP contribution in [-0.2, 0) is 25.7 Å². The first-order valence-corrected chi connectivity index (χ1v) is 12.9. The topological polar surface area (TPSA) is 66.1 Å². The largest absolute Gasteiger partial charge is 0.573 e. The van der Waals surface area contributed by atoms with Crippen LogP contribution in [0.25, 0.3) is 0 Å². The fraction of sp³-hybridized carbons (Fsp3) is 0.207. The summed E-state index contributed by atoms with van der Waals surface area (Å²) in [6.07, 6.45) is -5.77. The number of rotatable bonds is 9. The van der Waals surface area contributed by atoms with Crippen LogP contribution >= 0.6 is 12.2 Å². The molecule has 0 saturated carbocycles. The molecule has 0 amide bonds. The lowest BCUT2D eigenvalue weighted by atomic mass is 10.1. The molecular formula is C29H23F6N5OS. The summed E-state index contributed by atoms with van der Waals surface area (Å²) in [6.45, 7) is 0.486. The van der Waals surface area contributed by atoms with Crippen LogP contribution in [0.5, 0.6) is 5.75 Å². The highest BCUT2D eigenvalue weighted by atomic mass is 32.1. The maximum atomic E-state index is 13.7. The van der Waals surface area contributed by atoms with E-state index in [0.29, 0.717) is 24.2 Å². The van der Waals surface area contributed by atoms with E-state index in [1.165, 1.54) is 30.3 Å². The molecule has 42 heavy (non-hydrogen) atoms. The Hall–Kier alpha value is -4.57. The summed E-state index contributed by atoms with van der Waals surface area (Å²) in [7, 11) is 0. The van der Waals surface area contributed by atoms with Crippen molar-refractivity contribution in [3.8, 4) is 11.8 Å². The van der Waals surface area contributed by atoms with Crippen molar-refractivity contribution in [1.29, 1.82) is 5.26 Å². The number of thiocarbonyl (C=S) groups is 1. The molecule has 4 rings (SSSR count). The van der Waals surface area contributed by atoms with Crippen molar-refractivity contribution in [3.05, 3.63) is 113 Å². The van der Waals surface area contributed by atoms with Crippen LogP contribution in [0, 0.1) is 11.3 Å². The number of imidazole rings is 1. The third-order valence-electron chi connectivity index (χ3n) is 6.18. The van der Waals surface area contributed by atoms with Crippen LogP contribution in [0.3, 0.4) is 0 Å². The standard InChI is InChI=1S/C29H23F6N5OS/c30-28(31,32)26-4-2-1-3-22(26)18-39(27(42)38-23-9-11-25(12-10-23)41-29(33,34)35)14-13-24-16-37-19-40(24)17-21-7-5-20(15-36)6-8-21/h1-12,16,19H,13-14,17-18H2,(H,38,42). The highest BCUT2D eigenvalue weighted by molar-refractivity contribution is 7.80. The van der Waals surface area contributed by atoms with Gasteiger partial charge in [0.1, 0.15) is 5.75 Å². The second-order valence-corrected chi connectivity index (χ2v) is 9.54. The maximum absolute atomic E-state index is 13.7. The zero-order chi connectivity index (χ0) is 30.3. The van der Waals surface area contributed by atoms with Gasteiger partial charge in [0, 0.05) is 43.6 Å². The highest BCUT2D eigenvalue weighted by Gasteiger charge is 2.33. The van der Waals surface area contributed by atoms with E-state index in [1.54, 1.807) is 29.6 Å². The number of alkyl halides is 6. The first-order valence-electron chi connectivity index (χ1n) is 12.5. The van der Waals surface area contributed by atoms with Crippen molar-refractivity contribution >= 4 is 23.0 Å². The Morgan fingerprint density at radius 1 is 0.976 bits per heavy atom. The number of anilines is 1. The molecule has 0 radical (unpaired) electrons. The molecule has 6 nitrogen and oxygen atoms in total. The Labute approximate surface area is 242 Å². The van der Waals surface area contributed by atoms with Gasteiger partial charge in [-0.15, -0.1) is 13.2 Å². The second-order valence-electron chi connectivity index (χ2n) is 9.15. The molecule has 0 bridgehead atoms. The molecule has 0 unspecified atom stereocenters. The molecule has 1 aromatic heterocycles. The Bertz CT molecular complexity index is 1540. The normalized spacial score (nSPS) is 11.5. The number of aromatic nitrogens is 2. The smallest absolute Gasteiger partial charge is 0.406 e. The van der Waals surface area contributed by atoms with E-state index in [2.05, 4.69) is 21.1 Å². The van der Waals surface area contributed by atoms with Crippen molar-refractivity contribution in [1.82, 2.24) is 14.5 Å². The highest BCUT2D eigenvalue weighted by Crippen LogP contribution is 2.32. The summed E-state index contributed by atoms with van der Waals surface area (Å²) in [5.41, 5.74) is 1.80. The minimum absolute atomic E-state index is 0.00849. The Kier molecular flexibility index (Phi) is 9.37. The van der Waals surface area contributed by atoms with Gasteiger partial charge in [0.15, 0.2) is 5.11 Å². The Morgan fingerprint density at radius 3 is 2.31 bits per heavy atom. The van der Waals surface area contributed by atoms with Crippen LogP contribution in [0.2, 0.25) is 0 Å². The molecular weight excluding hydrogens is 580 g/mol. The summed E-state index contributed by atoms with van der Waals surface area (Å²) in [6, 6.07) is 19.2. The van der Waals surface area contributed by atoms with Crippen LogP contribution in [0.4, 0.5) is 32.0 Å². The average Bonchev–Trinajstić information content (AvgIpc) is 3.38. The summed E-state index contributed by atoms with van der Waals surface area (Å²) in [5.74, 6) is -0.426. The van der Waals surface area contributed by atoms with E-state index < -0.39 is 23.9 Å². The summed E-state index contributed by atoms with van der Waals surface area (Å²) in [5, 5.41) is 12.0. The zero-order valence-electron chi connectivity index (χ0n) is 21.8. The van der Waals surface area contributed by atoms with Gasteiger partial charge in [0.05, 0.1) is 23.5 Å². The van der Waals surface area contributed by atoms with Crippen molar-refractivity contribution < 1.29 is 31.1 Å². The summed E-state index contributed by atoms with van der Waals surface area (Å²) >= 11 is 5.54. The molecule has 4 aromatic rings. The number of nitriles is 1. The second kappa shape index (κ2) is 12.9. The number of hydrogen-bond acceptors (Lipinski definition) is 4. The minimum atomic E-state index is -4.85. The fourth-order valence-electron chi connectivity index (χ4n) is 4.16. The molecule has 0 aliphatic rings. The third kappa shape index (κ3) is 8.47.